The van der Waals surface area contributed by atoms with Crippen molar-refractivity contribution < 1.29 is 9.59 Å². The standard InChI is InChI=1S/C26H27ClN4O2S/c1-16(24(33)19-11-12-23-18(15-19)13-14-30(23)17(2)32)34-26-29-28-25(21-9-5-6-10-22(21)27)31(26)20-7-3-4-8-20/h5-6,9-12,15-16,20H,3-4,7-8,13-14H2,1-2H3. The summed E-state index contributed by atoms with van der Waals surface area (Å²) in [5, 5.41) is 10.1. The molecule has 1 fully saturated rings. The molecule has 0 saturated heterocycles. The van der Waals surface area contributed by atoms with Crippen molar-refractivity contribution >= 4 is 40.7 Å². The molecule has 0 spiro atoms. The van der Waals surface area contributed by atoms with Gasteiger partial charge < -0.3 is 4.90 Å². The second kappa shape index (κ2) is 9.55. The summed E-state index contributed by atoms with van der Waals surface area (Å²) in [6.07, 6.45) is 5.27. The molecule has 34 heavy (non-hydrogen) atoms. The number of carbonyl (C=O) groups is 2. The van der Waals surface area contributed by atoms with Gasteiger partial charge in [0.15, 0.2) is 16.8 Å². The molecule has 0 bridgehead atoms. The molecule has 1 amide bonds. The number of thioether (sulfide) groups is 1. The molecule has 0 N–H and O–H groups in total. The average molecular weight is 495 g/mol. The molecule has 1 unspecified atom stereocenters. The molecular weight excluding hydrogens is 468 g/mol. The van der Waals surface area contributed by atoms with Gasteiger partial charge in [0.05, 0.1) is 10.3 Å². The fourth-order valence-corrected chi connectivity index (χ4v) is 6.22. The number of rotatable bonds is 6. The maximum atomic E-state index is 13.3. The number of ketones is 1. The number of anilines is 1. The summed E-state index contributed by atoms with van der Waals surface area (Å²) in [7, 11) is 0. The number of benzene rings is 2. The molecule has 8 heteroatoms. The van der Waals surface area contributed by atoms with Gasteiger partial charge in [0.2, 0.25) is 5.91 Å². The van der Waals surface area contributed by atoms with E-state index in [-0.39, 0.29) is 16.9 Å². The Hall–Kier alpha value is -2.64. The fraction of sp³-hybridized carbons (Fsp3) is 0.385. The molecule has 2 aliphatic rings. The van der Waals surface area contributed by atoms with Crippen LogP contribution in [-0.2, 0) is 11.2 Å². The van der Waals surface area contributed by atoms with Crippen LogP contribution >= 0.6 is 23.4 Å². The van der Waals surface area contributed by atoms with Gasteiger partial charge in [-0.05, 0) is 62.1 Å². The summed E-state index contributed by atoms with van der Waals surface area (Å²) in [4.78, 5) is 27.0. The average Bonchev–Trinajstić information content (AvgIpc) is 3.57. The zero-order valence-corrected chi connectivity index (χ0v) is 20.9. The highest BCUT2D eigenvalue weighted by Gasteiger charge is 2.29. The number of nitrogens with zero attached hydrogens (tertiary/aromatic N) is 4. The first-order valence-electron chi connectivity index (χ1n) is 11.8. The van der Waals surface area contributed by atoms with Gasteiger partial charge in [-0.25, -0.2) is 0 Å². The van der Waals surface area contributed by atoms with Crippen molar-refractivity contribution in [3.05, 3.63) is 58.6 Å². The molecule has 0 radical (unpaired) electrons. The number of Topliss-reactive ketones (excluding diaryl/α,β-unsaturated/α-hetero) is 1. The smallest absolute Gasteiger partial charge is 0.223 e. The Balaban J connectivity index is 1.42. The van der Waals surface area contributed by atoms with Crippen molar-refractivity contribution in [2.75, 3.05) is 11.4 Å². The van der Waals surface area contributed by atoms with Gasteiger partial charge >= 0.3 is 0 Å². The molecule has 1 aliphatic carbocycles. The van der Waals surface area contributed by atoms with Gasteiger partial charge in [-0.2, -0.15) is 0 Å². The van der Waals surface area contributed by atoms with Gasteiger partial charge in [0.1, 0.15) is 0 Å². The van der Waals surface area contributed by atoms with E-state index in [1.807, 2.05) is 49.4 Å². The normalized spacial score (nSPS) is 16.6. The van der Waals surface area contributed by atoms with Crippen LogP contribution in [0.2, 0.25) is 5.02 Å². The molecule has 176 valence electrons. The van der Waals surface area contributed by atoms with Crippen LogP contribution < -0.4 is 4.90 Å². The molecule has 1 saturated carbocycles. The first kappa shape index (κ1) is 23.1. The van der Waals surface area contributed by atoms with Crippen molar-refractivity contribution in [3.63, 3.8) is 0 Å². The maximum absolute atomic E-state index is 13.3. The van der Waals surface area contributed by atoms with Gasteiger partial charge in [0.25, 0.3) is 0 Å². The number of hydrogen-bond donors (Lipinski definition) is 0. The van der Waals surface area contributed by atoms with E-state index in [1.165, 1.54) is 24.6 Å². The monoisotopic (exact) mass is 494 g/mol. The lowest BCUT2D eigenvalue weighted by molar-refractivity contribution is -0.116. The molecule has 1 aromatic heterocycles. The third-order valence-corrected chi connectivity index (χ3v) is 8.15. The Bertz CT molecular complexity index is 1250. The molecule has 1 atom stereocenters. The van der Waals surface area contributed by atoms with E-state index >= 15 is 0 Å². The summed E-state index contributed by atoms with van der Waals surface area (Å²) in [5.41, 5.74) is 3.49. The summed E-state index contributed by atoms with van der Waals surface area (Å²) in [6.45, 7) is 4.16. The summed E-state index contributed by atoms with van der Waals surface area (Å²) in [6, 6.07) is 13.7. The Kier molecular flexibility index (Phi) is 6.49. The van der Waals surface area contributed by atoms with Crippen LogP contribution in [0.3, 0.4) is 0 Å². The molecule has 2 heterocycles. The zero-order valence-electron chi connectivity index (χ0n) is 19.3. The van der Waals surface area contributed by atoms with Crippen LogP contribution in [0.1, 0.15) is 61.5 Å². The van der Waals surface area contributed by atoms with Crippen LogP contribution in [0.5, 0.6) is 0 Å². The van der Waals surface area contributed by atoms with E-state index < -0.39 is 0 Å². The Morgan fingerprint density at radius 3 is 2.62 bits per heavy atom. The molecule has 5 rings (SSSR count). The van der Waals surface area contributed by atoms with Crippen molar-refractivity contribution in [3.8, 4) is 11.4 Å². The molecule has 1 aliphatic heterocycles. The number of hydrogen-bond acceptors (Lipinski definition) is 5. The van der Waals surface area contributed by atoms with E-state index in [0.717, 1.165) is 47.1 Å². The number of amides is 1. The zero-order chi connectivity index (χ0) is 23.8. The summed E-state index contributed by atoms with van der Waals surface area (Å²) in [5.74, 6) is 0.846. The highest BCUT2D eigenvalue weighted by atomic mass is 35.5. The van der Waals surface area contributed by atoms with E-state index in [2.05, 4.69) is 14.8 Å². The number of fused-ring (bicyclic) bond motifs is 1. The second-order valence-corrected chi connectivity index (χ2v) is 10.7. The maximum Gasteiger partial charge on any atom is 0.223 e. The Morgan fingerprint density at radius 1 is 1.12 bits per heavy atom. The van der Waals surface area contributed by atoms with Crippen LogP contribution in [0.15, 0.2) is 47.6 Å². The minimum atomic E-state index is -0.327. The molecule has 3 aromatic rings. The third kappa shape index (κ3) is 4.27. The van der Waals surface area contributed by atoms with Gasteiger partial charge in [-0.1, -0.05) is 48.3 Å². The van der Waals surface area contributed by atoms with Crippen molar-refractivity contribution in [1.29, 1.82) is 0 Å². The number of aromatic nitrogens is 3. The number of carbonyl (C=O) groups excluding carboxylic acids is 2. The molecule has 2 aromatic carbocycles. The van der Waals surface area contributed by atoms with Gasteiger partial charge in [-0.3, -0.25) is 14.2 Å². The largest absolute Gasteiger partial charge is 0.312 e. The predicted octanol–water partition coefficient (Wildman–Crippen LogP) is 5.99. The second-order valence-electron chi connectivity index (χ2n) is 8.98. The highest BCUT2D eigenvalue weighted by Crippen LogP contribution is 2.39. The quantitative estimate of drug-likeness (QED) is 0.311. The van der Waals surface area contributed by atoms with E-state index in [1.54, 1.807) is 11.8 Å². The lowest BCUT2D eigenvalue weighted by atomic mass is 10.0. The Labute approximate surface area is 208 Å². The van der Waals surface area contributed by atoms with E-state index in [0.29, 0.717) is 23.2 Å². The van der Waals surface area contributed by atoms with Crippen molar-refractivity contribution in [2.45, 2.75) is 62.4 Å². The first-order chi connectivity index (χ1) is 16.4. The minimum Gasteiger partial charge on any atom is -0.312 e. The first-order valence-corrected chi connectivity index (χ1v) is 13.0. The minimum absolute atomic E-state index is 0.0299. The lowest BCUT2D eigenvalue weighted by Crippen LogP contribution is -2.25. The van der Waals surface area contributed by atoms with E-state index in [4.69, 9.17) is 11.6 Å². The van der Waals surface area contributed by atoms with Crippen LogP contribution in [0.4, 0.5) is 5.69 Å². The summed E-state index contributed by atoms with van der Waals surface area (Å²) < 4.78 is 2.19. The van der Waals surface area contributed by atoms with Crippen LogP contribution in [0, 0.1) is 0 Å². The number of halogens is 1. The van der Waals surface area contributed by atoms with Crippen LogP contribution in [-0.4, -0.2) is 38.2 Å². The van der Waals surface area contributed by atoms with Gasteiger partial charge in [-0.15, -0.1) is 10.2 Å². The highest BCUT2D eigenvalue weighted by molar-refractivity contribution is 8.00. The summed E-state index contributed by atoms with van der Waals surface area (Å²) >= 11 is 7.94. The van der Waals surface area contributed by atoms with Crippen molar-refractivity contribution in [2.24, 2.45) is 0 Å². The third-order valence-electron chi connectivity index (χ3n) is 6.76. The Morgan fingerprint density at radius 2 is 1.88 bits per heavy atom. The topological polar surface area (TPSA) is 68.1 Å². The fourth-order valence-electron chi connectivity index (χ4n) is 5.00. The van der Waals surface area contributed by atoms with Gasteiger partial charge in [0, 0.05) is 36.3 Å². The predicted molar refractivity (Wildman–Crippen MR) is 136 cm³/mol. The molecular formula is C26H27ClN4O2S. The lowest BCUT2D eigenvalue weighted by Gasteiger charge is -2.19. The molecule has 6 nitrogen and oxygen atoms in total. The van der Waals surface area contributed by atoms with Crippen LogP contribution in [0.25, 0.3) is 11.4 Å². The van der Waals surface area contributed by atoms with Crippen molar-refractivity contribution in [1.82, 2.24) is 14.8 Å². The SMILES string of the molecule is CC(=O)N1CCc2cc(C(=O)C(C)Sc3nnc(-c4ccccc4Cl)n3C3CCCC3)ccc21. The van der Waals surface area contributed by atoms with E-state index in [9.17, 15) is 9.59 Å².